The van der Waals surface area contributed by atoms with Gasteiger partial charge in [-0.05, 0) is 49.2 Å². The quantitative estimate of drug-likeness (QED) is 0.826. The number of anilines is 2. The summed E-state index contributed by atoms with van der Waals surface area (Å²) in [5.74, 6) is -0.469. The van der Waals surface area contributed by atoms with Crippen LogP contribution in [0.4, 0.5) is 24.5 Å². The monoisotopic (exact) mass is 336 g/mol. The van der Waals surface area contributed by atoms with Crippen molar-refractivity contribution in [1.82, 2.24) is 0 Å². The van der Waals surface area contributed by atoms with E-state index in [-0.39, 0.29) is 12.1 Å². The fourth-order valence-corrected chi connectivity index (χ4v) is 2.45. The molecule has 0 atom stereocenters. The minimum Gasteiger partial charge on any atom is -0.385 e. The minimum absolute atomic E-state index is 0.0686. The second-order valence-electron chi connectivity index (χ2n) is 5.64. The van der Waals surface area contributed by atoms with Gasteiger partial charge in [-0.3, -0.25) is 4.79 Å². The first-order valence-electron chi connectivity index (χ1n) is 7.54. The molecule has 0 aromatic heterocycles. The Balaban J connectivity index is 1.92. The molecule has 2 aromatic rings. The molecule has 0 aliphatic carbocycles. The molecule has 0 fully saturated rings. The number of hydrogen-bond acceptors (Lipinski definition) is 2. The van der Waals surface area contributed by atoms with Crippen LogP contribution in [0.15, 0.2) is 42.5 Å². The van der Waals surface area contributed by atoms with E-state index in [1.165, 1.54) is 18.2 Å². The maximum Gasteiger partial charge on any atom is 0.418 e. The third-order valence-electron chi connectivity index (χ3n) is 3.41. The summed E-state index contributed by atoms with van der Waals surface area (Å²) in [6.07, 6.45) is -4.43. The van der Waals surface area contributed by atoms with Crippen LogP contribution >= 0.6 is 0 Å². The Bertz CT molecular complexity index is 706. The molecule has 0 saturated heterocycles. The number of amides is 1. The first-order valence-corrected chi connectivity index (χ1v) is 7.54. The molecule has 2 rings (SSSR count). The van der Waals surface area contributed by atoms with Crippen molar-refractivity contribution in [3.05, 3.63) is 59.2 Å². The summed E-state index contributed by atoms with van der Waals surface area (Å²) >= 11 is 0. The Morgan fingerprint density at radius 1 is 1.04 bits per heavy atom. The van der Waals surface area contributed by atoms with Gasteiger partial charge in [-0.15, -0.1) is 0 Å². The summed E-state index contributed by atoms with van der Waals surface area (Å²) in [7, 11) is 0. The van der Waals surface area contributed by atoms with Gasteiger partial charge in [0.1, 0.15) is 0 Å². The third-order valence-corrected chi connectivity index (χ3v) is 3.41. The van der Waals surface area contributed by atoms with E-state index in [9.17, 15) is 18.0 Å². The molecule has 2 aromatic carbocycles. The molecule has 0 radical (unpaired) electrons. The topological polar surface area (TPSA) is 41.1 Å². The summed E-state index contributed by atoms with van der Waals surface area (Å²) in [5, 5.41) is 5.43. The van der Waals surface area contributed by atoms with E-state index in [4.69, 9.17) is 0 Å². The van der Waals surface area contributed by atoms with Crippen LogP contribution in [0.25, 0.3) is 0 Å². The van der Waals surface area contributed by atoms with E-state index >= 15 is 0 Å². The van der Waals surface area contributed by atoms with Crippen LogP contribution in [-0.2, 0) is 11.0 Å². The predicted octanol–water partition coefficient (Wildman–Crippen LogP) is 4.76. The number of carbonyl (C=O) groups excluding carboxylic acids is 1. The molecule has 2 N–H and O–H groups in total. The van der Waals surface area contributed by atoms with E-state index in [0.717, 1.165) is 22.9 Å². The summed E-state index contributed by atoms with van der Waals surface area (Å²) in [5.41, 5.74) is 2.01. The maximum atomic E-state index is 12.9. The second-order valence-corrected chi connectivity index (χ2v) is 5.64. The molecule has 0 aliphatic rings. The summed E-state index contributed by atoms with van der Waals surface area (Å²) in [6.45, 7) is 4.28. The molecule has 24 heavy (non-hydrogen) atoms. The highest BCUT2D eigenvalue weighted by Crippen LogP contribution is 2.34. The number of aryl methyl sites for hydroxylation is 2. The number of benzene rings is 2. The molecule has 0 unspecified atom stereocenters. The molecule has 1 amide bonds. The number of para-hydroxylation sites is 1. The van der Waals surface area contributed by atoms with Crippen LogP contribution in [0.2, 0.25) is 0 Å². The molecule has 0 spiro atoms. The third kappa shape index (κ3) is 5.01. The van der Waals surface area contributed by atoms with Gasteiger partial charge in [-0.1, -0.05) is 18.2 Å². The SMILES string of the molecule is Cc1cc(C)cc(NCCC(=O)Nc2ccccc2C(F)(F)F)c1. The summed E-state index contributed by atoms with van der Waals surface area (Å²) in [4.78, 5) is 11.9. The first-order chi connectivity index (χ1) is 11.3. The number of halogens is 3. The average molecular weight is 336 g/mol. The lowest BCUT2D eigenvalue weighted by molar-refractivity contribution is -0.137. The van der Waals surface area contributed by atoms with Crippen molar-refractivity contribution < 1.29 is 18.0 Å². The van der Waals surface area contributed by atoms with Gasteiger partial charge in [-0.25, -0.2) is 0 Å². The van der Waals surface area contributed by atoms with Crippen molar-refractivity contribution in [2.45, 2.75) is 26.4 Å². The Labute approximate surface area is 138 Å². The molecule has 0 heterocycles. The van der Waals surface area contributed by atoms with Crippen LogP contribution in [0.3, 0.4) is 0 Å². The highest BCUT2D eigenvalue weighted by Gasteiger charge is 2.33. The smallest absolute Gasteiger partial charge is 0.385 e. The van der Waals surface area contributed by atoms with E-state index < -0.39 is 17.6 Å². The van der Waals surface area contributed by atoms with Crippen LogP contribution in [-0.4, -0.2) is 12.5 Å². The second kappa shape index (κ2) is 7.38. The molecule has 0 bridgehead atoms. The average Bonchev–Trinajstić information content (AvgIpc) is 2.45. The number of rotatable bonds is 5. The zero-order valence-corrected chi connectivity index (χ0v) is 13.5. The highest BCUT2D eigenvalue weighted by atomic mass is 19.4. The number of alkyl halides is 3. The molecule has 6 heteroatoms. The molecule has 128 valence electrons. The maximum absolute atomic E-state index is 12.9. The van der Waals surface area contributed by atoms with E-state index in [2.05, 4.69) is 10.6 Å². The van der Waals surface area contributed by atoms with Crippen molar-refractivity contribution >= 4 is 17.3 Å². The molecular weight excluding hydrogens is 317 g/mol. The molecule has 3 nitrogen and oxygen atoms in total. The lowest BCUT2D eigenvalue weighted by atomic mass is 10.1. The Morgan fingerprint density at radius 2 is 1.67 bits per heavy atom. The standard InChI is InChI=1S/C18H19F3N2O/c1-12-9-13(2)11-14(10-12)22-8-7-17(24)23-16-6-4-3-5-15(16)18(19,20)21/h3-6,9-11,22H,7-8H2,1-2H3,(H,23,24). The number of hydrogen-bond donors (Lipinski definition) is 2. The predicted molar refractivity (Wildman–Crippen MR) is 89.1 cm³/mol. The van der Waals surface area contributed by atoms with Crippen LogP contribution in [0.1, 0.15) is 23.1 Å². The molecule has 0 saturated carbocycles. The van der Waals surface area contributed by atoms with E-state index in [0.29, 0.717) is 6.54 Å². The fourth-order valence-electron chi connectivity index (χ4n) is 2.45. The van der Waals surface area contributed by atoms with Crippen LogP contribution in [0, 0.1) is 13.8 Å². The Hall–Kier alpha value is -2.50. The summed E-state index contributed by atoms with van der Waals surface area (Å²) < 4.78 is 38.7. The van der Waals surface area contributed by atoms with Crippen molar-refractivity contribution in [2.75, 3.05) is 17.2 Å². The highest BCUT2D eigenvalue weighted by molar-refractivity contribution is 5.91. The van der Waals surface area contributed by atoms with E-state index in [1.54, 1.807) is 0 Å². The number of nitrogens with one attached hydrogen (secondary N) is 2. The minimum atomic E-state index is -4.50. The van der Waals surface area contributed by atoms with Gasteiger partial charge in [0.25, 0.3) is 0 Å². The normalized spacial score (nSPS) is 11.2. The molecule has 0 aliphatic heterocycles. The lowest BCUT2D eigenvalue weighted by Gasteiger charge is -2.14. The largest absolute Gasteiger partial charge is 0.418 e. The zero-order chi connectivity index (χ0) is 17.7. The molecular formula is C18H19F3N2O. The van der Waals surface area contributed by atoms with Crippen molar-refractivity contribution in [3.8, 4) is 0 Å². The summed E-state index contributed by atoms with van der Waals surface area (Å²) in [6, 6.07) is 10.9. The van der Waals surface area contributed by atoms with Gasteiger partial charge in [-0.2, -0.15) is 13.2 Å². The van der Waals surface area contributed by atoms with E-state index in [1.807, 2.05) is 32.0 Å². The zero-order valence-electron chi connectivity index (χ0n) is 13.5. The lowest BCUT2D eigenvalue weighted by Crippen LogP contribution is -2.19. The Kier molecular flexibility index (Phi) is 5.49. The Morgan fingerprint density at radius 3 is 2.29 bits per heavy atom. The van der Waals surface area contributed by atoms with Crippen molar-refractivity contribution in [3.63, 3.8) is 0 Å². The van der Waals surface area contributed by atoms with Gasteiger partial charge in [0.15, 0.2) is 0 Å². The van der Waals surface area contributed by atoms with Crippen LogP contribution in [0.5, 0.6) is 0 Å². The van der Waals surface area contributed by atoms with Crippen LogP contribution < -0.4 is 10.6 Å². The van der Waals surface area contributed by atoms with Gasteiger partial charge >= 0.3 is 6.18 Å². The van der Waals surface area contributed by atoms with Crippen molar-refractivity contribution in [2.24, 2.45) is 0 Å². The fraction of sp³-hybridized carbons (Fsp3) is 0.278. The van der Waals surface area contributed by atoms with Gasteiger partial charge < -0.3 is 10.6 Å². The number of carbonyl (C=O) groups is 1. The first kappa shape index (κ1) is 17.8. The van der Waals surface area contributed by atoms with Gasteiger partial charge in [0, 0.05) is 18.7 Å². The van der Waals surface area contributed by atoms with Crippen molar-refractivity contribution in [1.29, 1.82) is 0 Å². The van der Waals surface area contributed by atoms with Gasteiger partial charge in [0.2, 0.25) is 5.91 Å². The van der Waals surface area contributed by atoms with Gasteiger partial charge in [0.05, 0.1) is 11.3 Å².